The third-order valence-electron chi connectivity index (χ3n) is 2.42. The molecule has 0 radical (unpaired) electrons. The highest BCUT2D eigenvalue weighted by Gasteiger charge is 2.08. The maximum atomic E-state index is 13.0. The maximum Gasteiger partial charge on any atom is 0.196 e. The second-order valence-corrected chi connectivity index (χ2v) is 3.70. The average Bonchev–Trinajstić information content (AvgIpc) is 2.38. The molecule has 5 heteroatoms. The SMILES string of the molecule is CC(=O)c1ncc(-c2ccc(F)cc2C=O)cn1. The lowest BCUT2D eigenvalue weighted by Crippen LogP contribution is -2.00. The second kappa shape index (κ2) is 4.83. The van der Waals surface area contributed by atoms with Crippen LogP contribution in [0.2, 0.25) is 0 Å². The van der Waals surface area contributed by atoms with Crippen molar-refractivity contribution in [2.24, 2.45) is 0 Å². The Hall–Kier alpha value is -2.43. The van der Waals surface area contributed by atoms with E-state index in [-0.39, 0.29) is 17.2 Å². The summed E-state index contributed by atoms with van der Waals surface area (Å²) in [6.07, 6.45) is 3.44. The van der Waals surface area contributed by atoms with E-state index in [4.69, 9.17) is 0 Å². The normalized spacial score (nSPS) is 10.1. The van der Waals surface area contributed by atoms with E-state index >= 15 is 0 Å². The number of halogens is 1. The highest BCUT2D eigenvalue weighted by molar-refractivity contribution is 5.91. The largest absolute Gasteiger partial charge is 0.298 e. The molecule has 2 aromatic rings. The first-order chi connectivity index (χ1) is 8.61. The number of hydrogen-bond acceptors (Lipinski definition) is 4. The summed E-state index contributed by atoms with van der Waals surface area (Å²) < 4.78 is 13.0. The monoisotopic (exact) mass is 244 g/mol. The molecule has 0 N–H and O–H groups in total. The minimum atomic E-state index is -0.484. The van der Waals surface area contributed by atoms with Gasteiger partial charge in [0.25, 0.3) is 0 Å². The average molecular weight is 244 g/mol. The third-order valence-corrected chi connectivity index (χ3v) is 2.42. The Morgan fingerprint density at radius 2 is 1.94 bits per heavy atom. The Bertz CT molecular complexity index is 609. The Morgan fingerprint density at radius 3 is 2.50 bits per heavy atom. The lowest BCUT2D eigenvalue weighted by atomic mass is 10.0. The summed E-state index contributed by atoms with van der Waals surface area (Å²) in [7, 11) is 0. The van der Waals surface area contributed by atoms with E-state index in [1.165, 1.54) is 31.5 Å². The molecule has 1 aromatic heterocycles. The Labute approximate surface area is 103 Å². The minimum absolute atomic E-state index is 0.105. The van der Waals surface area contributed by atoms with Gasteiger partial charge in [0.15, 0.2) is 17.9 Å². The van der Waals surface area contributed by atoms with Crippen molar-refractivity contribution in [1.29, 1.82) is 0 Å². The van der Waals surface area contributed by atoms with Gasteiger partial charge in [-0.2, -0.15) is 0 Å². The van der Waals surface area contributed by atoms with Crippen molar-refractivity contribution in [2.45, 2.75) is 6.92 Å². The molecule has 4 nitrogen and oxygen atoms in total. The van der Waals surface area contributed by atoms with Gasteiger partial charge in [0.2, 0.25) is 0 Å². The fraction of sp³-hybridized carbons (Fsp3) is 0.0769. The van der Waals surface area contributed by atoms with Crippen molar-refractivity contribution in [3.8, 4) is 11.1 Å². The van der Waals surface area contributed by atoms with E-state index in [0.717, 1.165) is 6.07 Å². The summed E-state index contributed by atoms with van der Waals surface area (Å²) in [6.45, 7) is 1.36. The number of carbonyl (C=O) groups excluding carboxylic acids is 2. The fourth-order valence-corrected chi connectivity index (χ4v) is 1.54. The number of benzene rings is 1. The van der Waals surface area contributed by atoms with Crippen LogP contribution in [-0.4, -0.2) is 22.0 Å². The smallest absolute Gasteiger partial charge is 0.196 e. The van der Waals surface area contributed by atoms with Crippen molar-refractivity contribution in [1.82, 2.24) is 9.97 Å². The zero-order chi connectivity index (χ0) is 13.1. The maximum absolute atomic E-state index is 13.0. The van der Waals surface area contributed by atoms with Gasteiger partial charge >= 0.3 is 0 Å². The Morgan fingerprint density at radius 1 is 1.28 bits per heavy atom. The predicted octanol–water partition coefficient (Wildman–Crippen LogP) is 2.30. The summed E-state index contributed by atoms with van der Waals surface area (Å²) in [4.78, 5) is 29.7. The summed E-state index contributed by atoms with van der Waals surface area (Å²) >= 11 is 0. The third kappa shape index (κ3) is 2.29. The first kappa shape index (κ1) is 12.0. The quantitative estimate of drug-likeness (QED) is 0.614. The van der Waals surface area contributed by atoms with Crippen LogP contribution in [-0.2, 0) is 0 Å². The van der Waals surface area contributed by atoms with Crippen molar-refractivity contribution in [3.05, 3.63) is 47.8 Å². The van der Waals surface area contributed by atoms with Gasteiger partial charge < -0.3 is 0 Å². The molecule has 0 fully saturated rings. The molecule has 0 bridgehead atoms. The highest BCUT2D eigenvalue weighted by atomic mass is 19.1. The number of aromatic nitrogens is 2. The van der Waals surface area contributed by atoms with Gasteiger partial charge in [-0.25, -0.2) is 14.4 Å². The number of hydrogen-bond donors (Lipinski definition) is 0. The lowest BCUT2D eigenvalue weighted by molar-refractivity contribution is 0.100. The van der Waals surface area contributed by atoms with Crippen molar-refractivity contribution >= 4 is 12.1 Å². The topological polar surface area (TPSA) is 59.9 Å². The summed E-state index contributed by atoms with van der Waals surface area (Å²) in [5.41, 5.74) is 1.30. The minimum Gasteiger partial charge on any atom is -0.298 e. The van der Waals surface area contributed by atoms with Crippen molar-refractivity contribution in [2.75, 3.05) is 0 Å². The van der Waals surface area contributed by atoms with Gasteiger partial charge in [-0.1, -0.05) is 6.07 Å². The van der Waals surface area contributed by atoms with Crippen LogP contribution in [0.1, 0.15) is 27.9 Å². The number of aldehydes is 1. The molecule has 2 rings (SSSR count). The van der Waals surface area contributed by atoms with Crippen LogP contribution >= 0.6 is 0 Å². The number of nitrogens with zero attached hydrogens (tertiary/aromatic N) is 2. The summed E-state index contributed by atoms with van der Waals surface area (Å²) in [5.74, 6) is -0.619. The van der Waals surface area contributed by atoms with E-state index in [9.17, 15) is 14.0 Å². The fourth-order valence-electron chi connectivity index (χ4n) is 1.54. The predicted molar refractivity (Wildman–Crippen MR) is 62.8 cm³/mol. The van der Waals surface area contributed by atoms with Crippen LogP contribution in [0.25, 0.3) is 11.1 Å². The summed E-state index contributed by atoms with van der Waals surface area (Å²) in [5, 5.41) is 0. The van der Waals surface area contributed by atoms with Gasteiger partial charge in [0.1, 0.15) is 5.82 Å². The molecule has 1 aromatic carbocycles. The molecule has 0 aliphatic carbocycles. The molecule has 0 spiro atoms. The summed E-state index contributed by atoms with van der Waals surface area (Å²) in [6, 6.07) is 3.87. The van der Waals surface area contributed by atoms with Gasteiger partial charge in [0, 0.05) is 30.4 Å². The Kier molecular flexibility index (Phi) is 3.23. The Balaban J connectivity index is 2.48. The lowest BCUT2D eigenvalue weighted by Gasteiger charge is -2.04. The zero-order valence-corrected chi connectivity index (χ0v) is 9.55. The van der Waals surface area contributed by atoms with Crippen LogP contribution in [0, 0.1) is 5.82 Å². The van der Waals surface area contributed by atoms with Gasteiger partial charge in [-0.05, 0) is 17.7 Å². The molecule has 0 atom stereocenters. The highest BCUT2D eigenvalue weighted by Crippen LogP contribution is 2.22. The number of carbonyl (C=O) groups is 2. The van der Waals surface area contributed by atoms with Crippen LogP contribution < -0.4 is 0 Å². The van der Waals surface area contributed by atoms with Crippen LogP contribution in [0.3, 0.4) is 0 Å². The van der Waals surface area contributed by atoms with E-state index in [1.807, 2.05) is 0 Å². The molecule has 18 heavy (non-hydrogen) atoms. The molecule has 0 unspecified atom stereocenters. The van der Waals surface area contributed by atoms with Crippen LogP contribution in [0.15, 0.2) is 30.6 Å². The number of Topliss-reactive ketones (excluding diaryl/α,β-unsaturated/α-hetero) is 1. The molecule has 0 saturated carbocycles. The molecular formula is C13H9FN2O2. The molecule has 0 amide bonds. The zero-order valence-electron chi connectivity index (χ0n) is 9.55. The van der Waals surface area contributed by atoms with Gasteiger partial charge in [-0.3, -0.25) is 9.59 Å². The van der Waals surface area contributed by atoms with E-state index in [2.05, 4.69) is 9.97 Å². The van der Waals surface area contributed by atoms with E-state index in [1.54, 1.807) is 0 Å². The van der Waals surface area contributed by atoms with Crippen molar-refractivity contribution in [3.63, 3.8) is 0 Å². The first-order valence-electron chi connectivity index (χ1n) is 5.20. The molecular weight excluding hydrogens is 235 g/mol. The molecule has 0 aliphatic heterocycles. The first-order valence-corrected chi connectivity index (χ1v) is 5.20. The molecule has 1 heterocycles. The number of rotatable bonds is 3. The standard InChI is InChI=1S/C13H9FN2O2/c1-8(18)13-15-5-10(6-16-13)12-3-2-11(14)4-9(12)7-17/h2-7H,1H3. The molecule has 0 saturated heterocycles. The van der Waals surface area contributed by atoms with E-state index in [0.29, 0.717) is 17.4 Å². The van der Waals surface area contributed by atoms with Crippen molar-refractivity contribution < 1.29 is 14.0 Å². The van der Waals surface area contributed by atoms with Crippen LogP contribution in [0.5, 0.6) is 0 Å². The second-order valence-electron chi connectivity index (χ2n) is 3.70. The molecule has 90 valence electrons. The van der Waals surface area contributed by atoms with Crippen LogP contribution in [0.4, 0.5) is 4.39 Å². The van der Waals surface area contributed by atoms with E-state index < -0.39 is 5.82 Å². The molecule has 0 aliphatic rings. The number of ketones is 1. The van der Waals surface area contributed by atoms with Gasteiger partial charge in [0.05, 0.1) is 0 Å². The van der Waals surface area contributed by atoms with Gasteiger partial charge in [-0.15, -0.1) is 0 Å².